The molecule has 8 heteroatoms. The number of nitrogens with zero attached hydrogens (tertiary/aromatic N) is 2. The van der Waals surface area contributed by atoms with Gasteiger partial charge in [0.15, 0.2) is 0 Å². The first-order valence-corrected chi connectivity index (χ1v) is 9.93. The lowest BCUT2D eigenvalue weighted by Crippen LogP contribution is -2.56. The third kappa shape index (κ3) is 4.14. The van der Waals surface area contributed by atoms with E-state index in [9.17, 15) is 16.8 Å². The van der Waals surface area contributed by atoms with Crippen LogP contribution < -0.4 is 0 Å². The summed E-state index contributed by atoms with van der Waals surface area (Å²) < 4.78 is 50.9. The Hall–Kier alpha value is -0.180. The van der Waals surface area contributed by atoms with Crippen LogP contribution in [0.2, 0.25) is 0 Å². The van der Waals surface area contributed by atoms with Gasteiger partial charge in [-0.15, -0.1) is 0 Å². The van der Waals surface area contributed by atoms with Crippen molar-refractivity contribution in [1.82, 2.24) is 8.61 Å². The van der Waals surface area contributed by atoms with Crippen molar-refractivity contribution in [3.63, 3.8) is 0 Å². The van der Waals surface area contributed by atoms with Crippen molar-refractivity contribution < 1.29 is 16.8 Å². The quantitative estimate of drug-likeness (QED) is 0.714. The molecule has 0 saturated carbocycles. The number of hydrogen-bond acceptors (Lipinski definition) is 4. The summed E-state index contributed by atoms with van der Waals surface area (Å²) in [4.78, 5) is 0. The lowest BCUT2D eigenvalue weighted by atomic mass is 10.3. The van der Waals surface area contributed by atoms with Crippen molar-refractivity contribution in [2.45, 2.75) is 39.7 Å². The van der Waals surface area contributed by atoms with E-state index in [-0.39, 0.29) is 37.2 Å². The Morgan fingerprint density at radius 2 is 1.47 bits per heavy atom. The van der Waals surface area contributed by atoms with E-state index in [1.807, 2.05) is 13.8 Å². The fourth-order valence-electron chi connectivity index (χ4n) is 2.34. The van der Waals surface area contributed by atoms with Crippen molar-refractivity contribution in [2.24, 2.45) is 0 Å². The Labute approximate surface area is 116 Å². The number of sulfonamides is 2. The summed E-state index contributed by atoms with van der Waals surface area (Å²) in [6.07, 6.45) is 1.15. The monoisotopic (exact) mass is 312 g/mol. The molecule has 1 heterocycles. The van der Waals surface area contributed by atoms with Gasteiger partial charge in [-0.25, -0.2) is 16.8 Å². The largest absolute Gasteiger partial charge is 0.214 e. The van der Waals surface area contributed by atoms with Crippen LogP contribution in [0.1, 0.15) is 33.6 Å². The first-order valence-electron chi connectivity index (χ1n) is 6.72. The molecule has 0 spiro atoms. The Morgan fingerprint density at radius 3 is 1.95 bits per heavy atom. The molecule has 0 aromatic heterocycles. The van der Waals surface area contributed by atoms with Crippen molar-refractivity contribution in [2.75, 3.05) is 31.1 Å². The van der Waals surface area contributed by atoms with Gasteiger partial charge in [0, 0.05) is 25.7 Å². The van der Waals surface area contributed by atoms with E-state index in [2.05, 4.69) is 0 Å². The molecule has 1 saturated heterocycles. The van der Waals surface area contributed by atoms with Gasteiger partial charge in [0.1, 0.15) is 0 Å². The van der Waals surface area contributed by atoms with Crippen LogP contribution in [0, 0.1) is 0 Å². The van der Waals surface area contributed by atoms with E-state index >= 15 is 0 Å². The SMILES string of the molecule is CCCS(=O)(=O)N1CCN(S(=O)(=O)CCC)C(C)C1. The van der Waals surface area contributed by atoms with Crippen LogP contribution in [0.5, 0.6) is 0 Å². The van der Waals surface area contributed by atoms with Gasteiger partial charge < -0.3 is 0 Å². The maximum absolute atomic E-state index is 12.0. The average molecular weight is 312 g/mol. The normalized spacial score (nSPS) is 23.6. The number of hydrogen-bond donors (Lipinski definition) is 0. The second-order valence-corrected chi connectivity index (χ2v) is 9.08. The highest BCUT2D eigenvalue weighted by Crippen LogP contribution is 2.18. The van der Waals surface area contributed by atoms with Crippen molar-refractivity contribution in [3.05, 3.63) is 0 Å². The van der Waals surface area contributed by atoms with E-state index in [1.165, 1.54) is 8.61 Å². The smallest absolute Gasteiger partial charge is 0.212 e. The molecule has 0 amide bonds. The zero-order valence-corrected chi connectivity index (χ0v) is 13.5. The second kappa shape index (κ2) is 6.51. The summed E-state index contributed by atoms with van der Waals surface area (Å²) in [5.41, 5.74) is 0. The van der Waals surface area contributed by atoms with Gasteiger partial charge in [-0.05, 0) is 19.8 Å². The van der Waals surface area contributed by atoms with Crippen LogP contribution in [0.4, 0.5) is 0 Å². The predicted molar refractivity (Wildman–Crippen MR) is 75.9 cm³/mol. The molecule has 114 valence electrons. The van der Waals surface area contributed by atoms with Gasteiger partial charge in [-0.2, -0.15) is 8.61 Å². The first-order chi connectivity index (χ1) is 8.74. The van der Waals surface area contributed by atoms with Crippen LogP contribution in [0.25, 0.3) is 0 Å². The summed E-state index contributed by atoms with van der Waals surface area (Å²) in [7, 11) is -6.49. The molecule has 0 bridgehead atoms. The van der Waals surface area contributed by atoms with Crippen LogP contribution in [0.15, 0.2) is 0 Å². The molecule has 0 aliphatic carbocycles. The van der Waals surface area contributed by atoms with Crippen LogP contribution in [-0.4, -0.2) is 62.6 Å². The molecule has 19 heavy (non-hydrogen) atoms. The zero-order valence-electron chi connectivity index (χ0n) is 11.9. The molecule has 6 nitrogen and oxygen atoms in total. The van der Waals surface area contributed by atoms with Gasteiger partial charge in [-0.1, -0.05) is 13.8 Å². The molecule has 1 atom stereocenters. The highest BCUT2D eigenvalue weighted by atomic mass is 32.2. The summed E-state index contributed by atoms with van der Waals surface area (Å²) in [6, 6.07) is -0.295. The molecule has 1 aliphatic heterocycles. The van der Waals surface area contributed by atoms with E-state index < -0.39 is 20.0 Å². The summed E-state index contributed by atoms with van der Waals surface area (Å²) in [5, 5.41) is 0. The highest BCUT2D eigenvalue weighted by molar-refractivity contribution is 7.89. The molecule has 0 aromatic rings. The molecule has 1 fully saturated rings. The van der Waals surface area contributed by atoms with Gasteiger partial charge >= 0.3 is 0 Å². The number of piperazine rings is 1. The minimum atomic E-state index is -3.25. The van der Waals surface area contributed by atoms with Crippen molar-refractivity contribution >= 4 is 20.0 Å². The molecule has 0 N–H and O–H groups in total. The molecule has 0 radical (unpaired) electrons. The van der Waals surface area contributed by atoms with Gasteiger partial charge in [-0.3, -0.25) is 0 Å². The van der Waals surface area contributed by atoms with Gasteiger partial charge in [0.2, 0.25) is 20.0 Å². The molecule has 1 aliphatic rings. The van der Waals surface area contributed by atoms with E-state index in [1.54, 1.807) is 6.92 Å². The maximum Gasteiger partial charge on any atom is 0.214 e. The standard InChI is InChI=1S/C11H24N2O4S2/c1-4-8-18(14,15)12-6-7-13(11(3)10-12)19(16,17)9-5-2/h11H,4-10H2,1-3H3. The fourth-order valence-corrected chi connectivity index (χ4v) is 5.64. The lowest BCUT2D eigenvalue weighted by Gasteiger charge is -2.38. The van der Waals surface area contributed by atoms with Gasteiger partial charge in [0.05, 0.1) is 11.5 Å². The summed E-state index contributed by atoms with van der Waals surface area (Å²) in [6.45, 7) is 6.18. The minimum absolute atomic E-state index is 0.124. The van der Waals surface area contributed by atoms with Crippen LogP contribution in [0.3, 0.4) is 0 Å². The average Bonchev–Trinajstić information content (AvgIpc) is 2.28. The van der Waals surface area contributed by atoms with Crippen molar-refractivity contribution in [1.29, 1.82) is 0 Å². The van der Waals surface area contributed by atoms with E-state index in [0.29, 0.717) is 12.8 Å². The Kier molecular flexibility index (Phi) is 5.78. The van der Waals surface area contributed by atoms with Crippen LogP contribution in [-0.2, 0) is 20.0 Å². The van der Waals surface area contributed by atoms with E-state index in [0.717, 1.165) is 0 Å². The third-order valence-electron chi connectivity index (χ3n) is 3.20. The Balaban J connectivity index is 2.77. The number of rotatable bonds is 6. The fraction of sp³-hybridized carbons (Fsp3) is 1.00. The molecule has 0 aromatic carbocycles. The Morgan fingerprint density at radius 1 is 0.947 bits per heavy atom. The molecular weight excluding hydrogens is 288 g/mol. The Bertz CT molecular complexity index is 487. The summed E-state index contributed by atoms with van der Waals surface area (Å²) in [5.74, 6) is 0.250. The summed E-state index contributed by atoms with van der Waals surface area (Å²) >= 11 is 0. The van der Waals surface area contributed by atoms with E-state index in [4.69, 9.17) is 0 Å². The zero-order chi connectivity index (χ0) is 14.7. The highest BCUT2D eigenvalue weighted by Gasteiger charge is 2.35. The third-order valence-corrected chi connectivity index (χ3v) is 7.43. The topological polar surface area (TPSA) is 74.8 Å². The molecule has 1 unspecified atom stereocenters. The van der Waals surface area contributed by atoms with Crippen LogP contribution >= 0.6 is 0 Å². The maximum atomic E-state index is 12.0. The van der Waals surface area contributed by atoms with Crippen molar-refractivity contribution in [3.8, 4) is 0 Å². The predicted octanol–water partition coefficient (Wildman–Crippen LogP) is 0.472. The molecule has 1 rings (SSSR count). The molecular formula is C11H24N2O4S2. The lowest BCUT2D eigenvalue weighted by molar-refractivity contribution is 0.212. The second-order valence-electron chi connectivity index (χ2n) is 4.95. The van der Waals surface area contributed by atoms with Gasteiger partial charge in [0.25, 0.3) is 0 Å². The minimum Gasteiger partial charge on any atom is -0.212 e. The first kappa shape index (κ1) is 16.9.